The summed E-state index contributed by atoms with van der Waals surface area (Å²) in [6, 6.07) is 7.79. The molecule has 4 nitrogen and oxygen atoms in total. The predicted molar refractivity (Wildman–Crippen MR) is 65.4 cm³/mol. The molecule has 0 amide bonds. The SMILES string of the molecule is O=C(O)c1ccnc(Oc2cccc(Br)c2)c1F. The summed E-state index contributed by atoms with van der Waals surface area (Å²) in [5.41, 5.74) is -0.477. The smallest absolute Gasteiger partial charge is 0.338 e. The number of benzene rings is 1. The standard InChI is InChI=1S/C12H7BrFNO3/c13-7-2-1-3-8(6-7)18-11-10(14)9(12(16)17)4-5-15-11/h1-6H,(H,16,17). The first-order valence-corrected chi connectivity index (χ1v) is 5.68. The van der Waals surface area contributed by atoms with Crippen molar-refractivity contribution in [3.8, 4) is 11.6 Å². The molecule has 2 rings (SSSR count). The predicted octanol–water partition coefficient (Wildman–Crippen LogP) is 3.47. The van der Waals surface area contributed by atoms with Crippen LogP contribution in [0.15, 0.2) is 41.0 Å². The average Bonchev–Trinajstić information content (AvgIpc) is 2.31. The Morgan fingerprint density at radius 3 is 2.83 bits per heavy atom. The third kappa shape index (κ3) is 2.65. The van der Waals surface area contributed by atoms with E-state index in [0.717, 1.165) is 10.5 Å². The van der Waals surface area contributed by atoms with E-state index < -0.39 is 17.3 Å². The second-order valence-electron chi connectivity index (χ2n) is 3.34. The summed E-state index contributed by atoms with van der Waals surface area (Å²) in [5.74, 6) is -2.37. The lowest BCUT2D eigenvalue weighted by atomic mass is 10.2. The highest BCUT2D eigenvalue weighted by atomic mass is 79.9. The fraction of sp³-hybridized carbons (Fsp3) is 0. The molecule has 1 heterocycles. The van der Waals surface area contributed by atoms with Crippen LogP contribution in [0.5, 0.6) is 11.6 Å². The van der Waals surface area contributed by atoms with E-state index in [1.54, 1.807) is 24.3 Å². The number of carboxylic acids is 1. The molecular formula is C12H7BrFNO3. The summed E-state index contributed by atoms with van der Waals surface area (Å²) in [6.45, 7) is 0. The van der Waals surface area contributed by atoms with Gasteiger partial charge in [0.1, 0.15) is 11.3 Å². The summed E-state index contributed by atoms with van der Waals surface area (Å²) in [6.07, 6.45) is 1.18. The van der Waals surface area contributed by atoms with Gasteiger partial charge in [-0.05, 0) is 24.3 Å². The fourth-order valence-corrected chi connectivity index (χ4v) is 1.68. The number of aromatic nitrogens is 1. The van der Waals surface area contributed by atoms with Crippen molar-refractivity contribution in [3.05, 3.63) is 52.4 Å². The Morgan fingerprint density at radius 1 is 1.39 bits per heavy atom. The second-order valence-corrected chi connectivity index (χ2v) is 4.26. The number of hydrogen-bond acceptors (Lipinski definition) is 3. The Bertz CT molecular complexity index is 604. The molecule has 18 heavy (non-hydrogen) atoms. The zero-order valence-corrected chi connectivity index (χ0v) is 10.5. The van der Waals surface area contributed by atoms with Gasteiger partial charge in [-0.1, -0.05) is 22.0 Å². The van der Waals surface area contributed by atoms with Crippen LogP contribution in [-0.4, -0.2) is 16.1 Å². The van der Waals surface area contributed by atoms with E-state index in [1.165, 1.54) is 6.20 Å². The Balaban J connectivity index is 2.35. The first-order chi connectivity index (χ1) is 8.58. The van der Waals surface area contributed by atoms with Gasteiger partial charge in [0.05, 0.1) is 0 Å². The summed E-state index contributed by atoms with van der Waals surface area (Å²) < 4.78 is 19.7. The Hall–Kier alpha value is -1.95. The van der Waals surface area contributed by atoms with E-state index >= 15 is 0 Å². The molecule has 1 aromatic carbocycles. The zero-order valence-electron chi connectivity index (χ0n) is 8.93. The van der Waals surface area contributed by atoms with E-state index in [9.17, 15) is 9.18 Å². The van der Waals surface area contributed by atoms with Crippen LogP contribution in [0.1, 0.15) is 10.4 Å². The van der Waals surface area contributed by atoms with Gasteiger partial charge in [0.25, 0.3) is 5.88 Å². The van der Waals surface area contributed by atoms with Gasteiger partial charge in [0.2, 0.25) is 0 Å². The van der Waals surface area contributed by atoms with E-state index in [1.807, 2.05) is 0 Å². The quantitative estimate of drug-likeness (QED) is 0.943. The number of halogens is 2. The highest BCUT2D eigenvalue weighted by molar-refractivity contribution is 9.10. The minimum Gasteiger partial charge on any atom is -0.478 e. The number of carboxylic acid groups (broad SMARTS) is 1. The van der Waals surface area contributed by atoms with Crippen LogP contribution in [0.25, 0.3) is 0 Å². The summed E-state index contributed by atoms with van der Waals surface area (Å²) >= 11 is 3.24. The minimum atomic E-state index is -1.37. The number of ether oxygens (including phenoxy) is 1. The molecule has 0 saturated heterocycles. The molecular weight excluding hydrogens is 305 g/mol. The van der Waals surface area contributed by atoms with Gasteiger partial charge in [-0.15, -0.1) is 0 Å². The third-order valence-corrected chi connectivity index (χ3v) is 2.59. The van der Waals surface area contributed by atoms with Crippen molar-refractivity contribution >= 4 is 21.9 Å². The van der Waals surface area contributed by atoms with Crippen molar-refractivity contribution in [1.29, 1.82) is 0 Å². The van der Waals surface area contributed by atoms with E-state index in [-0.39, 0.29) is 5.88 Å². The number of pyridine rings is 1. The van der Waals surface area contributed by atoms with E-state index in [4.69, 9.17) is 9.84 Å². The zero-order chi connectivity index (χ0) is 13.1. The number of nitrogens with zero attached hydrogens (tertiary/aromatic N) is 1. The highest BCUT2D eigenvalue weighted by Gasteiger charge is 2.16. The average molecular weight is 312 g/mol. The maximum absolute atomic E-state index is 13.7. The molecule has 0 radical (unpaired) electrons. The Labute approximate surface area is 110 Å². The maximum Gasteiger partial charge on any atom is 0.338 e. The number of rotatable bonds is 3. The van der Waals surface area contributed by atoms with Gasteiger partial charge in [0.15, 0.2) is 5.82 Å². The van der Waals surface area contributed by atoms with Crippen LogP contribution in [0.2, 0.25) is 0 Å². The topological polar surface area (TPSA) is 59.4 Å². The molecule has 6 heteroatoms. The first-order valence-electron chi connectivity index (χ1n) is 4.89. The van der Waals surface area contributed by atoms with Crippen molar-refractivity contribution in [2.45, 2.75) is 0 Å². The molecule has 2 aromatic rings. The van der Waals surface area contributed by atoms with Gasteiger partial charge in [-0.25, -0.2) is 14.2 Å². The molecule has 0 spiro atoms. The Kier molecular flexibility index (Phi) is 3.57. The van der Waals surface area contributed by atoms with E-state index in [2.05, 4.69) is 20.9 Å². The number of hydrogen-bond donors (Lipinski definition) is 1. The van der Waals surface area contributed by atoms with Crippen molar-refractivity contribution < 1.29 is 19.0 Å². The Morgan fingerprint density at radius 2 is 2.17 bits per heavy atom. The van der Waals surface area contributed by atoms with Crippen molar-refractivity contribution in [2.24, 2.45) is 0 Å². The molecule has 0 atom stereocenters. The number of carbonyl (C=O) groups is 1. The van der Waals surface area contributed by atoms with Gasteiger partial charge in [-0.2, -0.15) is 0 Å². The van der Waals surface area contributed by atoms with Crippen molar-refractivity contribution in [2.75, 3.05) is 0 Å². The van der Waals surface area contributed by atoms with Crippen LogP contribution >= 0.6 is 15.9 Å². The van der Waals surface area contributed by atoms with Crippen molar-refractivity contribution in [3.63, 3.8) is 0 Å². The molecule has 0 aliphatic rings. The van der Waals surface area contributed by atoms with Gasteiger partial charge >= 0.3 is 5.97 Å². The van der Waals surface area contributed by atoms with Crippen LogP contribution in [0, 0.1) is 5.82 Å². The summed E-state index contributed by atoms with van der Waals surface area (Å²) in [4.78, 5) is 14.4. The van der Waals surface area contributed by atoms with Gasteiger partial charge in [0, 0.05) is 10.7 Å². The number of aromatic carboxylic acids is 1. The molecule has 0 aliphatic heterocycles. The summed E-state index contributed by atoms with van der Waals surface area (Å²) in [5, 5.41) is 8.77. The molecule has 0 aliphatic carbocycles. The van der Waals surface area contributed by atoms with Crippen LogP contribution in [0.4, 0.5) is 4.39 Å². The van der Waals surface area contributed by atoms with Gasteiger partial charge in [-0.3, -0.25) is 0 Å². The fourth-order valence-electron chi connectivity index (χ4n) is 1.30. The molecule has 0 bridgehead atoms. The second kappa shape index (κ2) is 5.14. The molecule has 0 unspecified atom stereocenters. The molecule has 0 saturated carbocycles. The maximum atomic E-state index is 13.7. The first kappa shape index (κ1) is 12.5. The lowest BCUT2D eigenvalue weighted by molar-refractivity contribution is 0.0690. The minimum absolute atomic E-state index is 0.360. The molecule has 1 N–H and O–H groups in total. The highest BCUT2D eigenvalue weighted by Crippen LogP contribution is 2.26. The molecule has 1 aromatic heterocycles. The van der Waals surface area contributed by atoms with Gasteiger partial charge < -0.3 is 9.84 Å². The third-order valence-electron chi connectivity index (χ3n) is 2.10. The normalized spacial score (nSPS) is 10.1. The molecule has 92 valence electrons. The van der Waals surface area contributed by atoms with Crippen LogP contribution in [0.3, 0.4) is 0 Å². The lowest BCUT2D eigenvalue weighted by Gasteiger charge is -2.07. The van der Waals surface area contributed by atoms with E-state index in [0.29, 0.717) is 5.75 Å². The largest absolute Gasteiger partial charge is 0.478 e. The monoisotopic (exact) mass is 311 g/mol. The molecule has 0 fully saturated rings. The van der Waals surface area contributed by atoms with Crippen molar-refractivity contribution in [1.82, 2.24) is 4.98 Å². The summed E-state index contributed by atoms with van der Waals surface area (Å²) in [7, 11) is 0. The van der Waals surface area contributed by atoms with Crippen LogP contribution in [-0.2, 0) is 0 Å². The van der Waals surface area contributed by atoms with Crippen LogP contribution < -0.4 is 4.74 Å². The lowest BCUT2D eigenvalue weighted by Crippen LogP contribution is -2.03.